The van der Waals surface area contributed by atoms with Crippen molar-refractivity contribution in [3.8, 4) is 5.75 Å². The predicted octanol–water partition coefficient (Wildman–Crippen LogP) is 4.01. The molecule has 2 aromatic rings. The van der Waals surface area contributed by atoms with Crippen LogP contribution in [-0.4, -0.2) is 80.7 Å². The molecular weight excluding hydrogens is 443 g/mol. The van der Waals surface area contributed by atoms with Crippen LogP contribution in [0.4, 0.5) is 15.8 Å². The van der Waals surface area contributed by atoms with E-state index in [1.54, 1.807) is 0 Å². The molecule has 3 aliphatic rings. The fourth-order valence-corrected chi connectivity index (χ4v) is 5.48. The highest BCUT2D eigenvalue weighted by atomic mass is 19.1. The average molecular weight is 481 g/mol. The van der Waals surface area contributed by atoms with Crippen molar-refractivity contribution < 1.29 is 13.9 Å². The SMILES string of the molecule is O=C1C(CCN2CCCC2)Oc2ccccc2N1CCCCN1CCN(c2ccc(F)cc2)CC1. The predicted molar refractivity (Wildman–Crippen MR) is 138 cm³/mol. The Hall–Kier alpha value is -2.64. The molecule has 0 bridgehead atoms. The Labute approximate surface area is 208 Å². The summed E-state index contributed by atoms with van der Waals surface area (Å²) < 4.78 is 19.3. The third-order valence-corrected chi connectivity index (χ3v) is 7.54. The normalized spacial score (nSPS) is 21.3. The zero-order valence-electron chi connectivity index (χ0n) is 20.6. The van der Waals surface area contributed by atoms with Gasteiger partial charge in [0.1, 0.15) is 11.6 Å². The van der Waals surface area contributed by atoms with E-state index in [-0.39, 0.29) is 17.8 Å². The number of anilines is 2. The topological polar surface area (TPSA) is 39.3 Å². The summed E-state index contributed by atoms with van der Waals surface area (Å²) in [6.45, 7) is 8.91. The van der Waals surface area contributed by atoms with Crippen molar-refractivity contribution in [2.45, 2.75) is 38.2 Å². The van der Waals surface area contributed by atoms with E-state index in [0.29, 0.717) is 0 Å². The summed E-state index contributed by atoms with van der Waals surface area (Å²) in [5, 5.41) is 0. The molecule has 1 amide bonds. The van der Waals surface area contributed by atoms with E-state index in [0.717, 1.165) is 95.3 Å². The minimum Gasteiger partial charge on any atom is -0.478 e. The third kappa shape index (κ3) is 5.96. The lowest BCUT2D eigenvalue weighted by molar-refractivity contribution is -0.126. The molecule has 0 aromatic heterocycles. The van der Waals surface area contributed by atoms with Gasteiger partial charge < -0.3 is 19.4 Å². The Morgan fingerprint density at radius 1 is 0.800 bits per heavy atom. The molecule has 7 heteroatoms. The van der Waals surface area contributed by atoms with E-state index >= 15 is 0 Å². The quantitative estimate of drug-likeness (QED) is 0.507. The van der Waals surface area contributed by atoms with Crippen LogP contribution < -0.4 is 14.5 Å². The monoisotopic (exact) mass is 480 g/mol. The molecule has 35 heavy (non-hydrogen) atoms. The Bertz CT molecular complexity index is 971. The zero-order valence-corrected chi connectivity index (χ0v) is 20.6. The summed E-state index contributed by atoms with van der Waals surface area (Å²) in [5.74, 6) is 0.748. The van der Waals surface area contributed by atoms with Gasteiger partial charge in [-0.1, -0.05) is 12.1 Å². The molecular formula is C28H37FN4O2. The molecule has 0 aliphatic carbocycles. The molecule has 6 nitrogen and oxygen atoms in total. The van der Waals surface area contributed by atoms with Gasteiger partial charge in [0.05, 0.1) is 5.69 Å². The van der Waals surface area contributed by atoms with Gasteiger partial charge in [-0.15, -0.1) is 0 Å². The number of amides is 1. The lowest BCUT2D eigenvalue weighted by Crippen LogP contribution is -2.48. The van der Waals surface area contributed by atoms with Crippen LogP contribution in [0.25, 0.3) is 0 Å². The van der Waals surface area contributed by atoms with Crippen molar-refractivity contribution in [1.82, 2.24) is 9.80 Å². The Balaban J connectivity index is 1.09. The molecule has 2 aromatic carbocycles. The van der Waals surface area contributed by atoms with Gasteiger partial charge in [-0.05, 0) is 81.7 Å². The van der Waals surface area contributed by atoms with Crippen LogP contribution in [0.15, 0.2) is 48.5 Å². The number of benzene rings is 2. The average Bonchev–Trinajstić information content (AvgIpc) is 3.41. The van der Waals surface area contributed by atoms with Gasteiger partial charge in [-0.25, -0.2) is 4.39 Å². The second-order valence-corrected chi connectivity index (χ2v) is 9.91. The van der Waals surface area contributed by atoms with E-state index in [2.05, 4.69) is 14.7 Å². The van der Waals surface area contributed by atoms with Crippen LogP contribution >= 0.6 is 0 Å². The van der Waals surface area contributed by atoms with Crippen molar-refractivity contribution in [3.63, 3.8) is 0 Å². The molecule has 188 valence electrons. The molecule has 0 saturated carbocycles. The summed E-state index contributed by atoms with van der Waals surface area (Å²) in [5.41, 5.74) is 2.00. The van der Waals surface area contributed by atoms with Crippen molar-refractivity contribution in [1.29, 1.82) is 0 Å². The second-order valence-electron chi connectivity index (χ2n) is 9.91. The van der Waals surface area contributed by atoms with Gasteiger partial charge in [0, 0.05) is 51.4 Å². The lowest BCUT2D eigenvalue weighted by Gasteiger charge is -2.37. The van der Waals surface area contributed by atoms with E-state index in [4.69, 9.17) is 4.74 Å². The van der Waals surface area contributed by atoms with E-state index < -0.39 is 0 Å². The van der Waals surface area contributed by atoms with Gasteiger partial charge in [0.25, 0.3) is 5.91 Å². The van der Waals surface area contributed by atoms with E-state index in [1.165, 1.54) is 25.0 Å². The number of piperazine rings is 1. The van der Waals surface area contributed by atoms with Gasteiger partial charge in [0.2, 0.25) is 0 Å². The number of likely N-dealkylation sites (tertiary alicyclic amines) is 1. The van der Waals surface area contributed by atoms with Gasteiger partial charge >= 0.3 is 0 Å². The molecule has 0 spiro atoms. The first-order valence-corrected chi connectivity index (χ1v) is 13.2. The first-order chi connectivity index (χ1) is 17.2. The zero-order chi connectivity index (χ0) is 24.0. The van der Waals surface area contributed by atoms with E-state index in [1.807, 2.05) is 41.3 Å². The van der Waals surface area contributed by atoms with Crippen LogP contribution in [0, 0.1) is 5.82 Å². The fraction of sp³-hybridized carbons (Fsp3) is 0.536. The van der Waals surface area contributed by atoms with Crippen LogP contribution in [-0.2, 0) is 4.79 Å². The maximum atomic E-state index is 13.3. The number of rotatable bonds is 9. The summed E-state index contributed by atoms with van der Waals surface area (Å²) in [6, 6.07) is 14.7. The molecule has 3 aliphatic heterocycles. The molecule has 5 rings (SSSR count). The summed E-state index contributed by atoms with van der Waals surface area (Å²) >= 11 is 0. The van der Waals surface area contributed by atoms with Crippen molar-refractivity contribution >= 4 is 17.3 Å². The first kappa shape index (κ1) is 24.1. The second kappa shape index (κ2) is 11.4. The van der Waals surface area contributed by atoms with Crippen LogP contribution in [0.3, 0.4) is 0 Å². The highest BCUT2D eigenvalue weighted by Crippen LogP contribution is 2.34. The summed E-state index contributed by atoms with van der Waals surface area (Å²) in [7, 11) is 0. The molecule has 1 atom stereocenters. The first-order valence-electron chi connectivity index (χ1n) is 13.2. The van der Waals surface area contributed by atoms with Crippen LogP contribution in [0.2, 0.25) is 0 Å². The number of para-hydroxylation sites is 2. The molecule has 1 unspecified atom stereocenters. The standard InChI is InChI=1S/C28H37FN4O2/c29-23-9-11-24(12-10-23)32-21-19-31(20-22-32)16-5-6-17-33-25-7-1-2-8-26(25)35-27(28(33)34)13-18-30-14-3-4-15-30/h1-2,7-12,27H,3-6,13-22H2. The number of ether oxygens (including phenoxy) is 1. The molecule has 2 fully saturated rings. The highest BCUT2D eigenvalue weighted by molar-refractivity contribution is 6.00. The Morgan fingerprint density at radius 2 is 1.49 bits per heavy atom. The fourth-order valence-electron chi connectivity index (χ4n) is 5.48. The number of hydrogen-bond donors (Lipinski definition) is 0. The maximum Gasteiger partial charge on any atom is 0.268 e. The number of halogens is 1. The van der Waals surface area contributed by atoms with Crippen molar-refractivity contribution in [2.24, 2.45) is 0 Å². The number of carbonyl (C=O) groups excluding carboxylic acids is 1. The van der Waals surface area contributed by atoms with E-state index in [9.17, 15) is 9.18 Å². The molecule has 0 radical (unpaired) electrons. The van der Waals surface area contributed by atoms with Crippen LogP contribution in [0.1, 0.15) is 32.1 Å². The molecule has 3 heterocycles. The number of nitrogens with zero attached hydrogens (tertiary/aromatic N) is 4. The number of unbranched alkanes of at least 4 members (excludes halogenated alkanes) is 1. The van der Waals surface area contributed by atoms with Gasteiger partial charge in [-0.2, -0.15) is 0 Å². The summed E-state index contributed by atoms with van der Waals surface area (Å²) in [6.07, 6.45) is 4.91. The minimum absolute atomic E-state index is 0.107. The van der Waals surface area contributed by atoms with Crippen LogP contribution in [0.5, 0.6) is 5.75 Å². The smallest absolute Gasteiger partial charge is 0.268 e. The highest BCUT2D eigenvalue weighted by Gasteiger charge is 2.34. The van der Waals surface area contributed by atoms with Gasteiger partial charge in [-0.3, -0.25) is 9.69 Å². The maximum absolute atomic E-state index is 13.3. The minimum atomic E-state index is -0.384. The Morgan fingerprint density at radius 3 is 2.26 bits per heavy atom. The number of fused-ring (bicyclic) bond motifs is 1. The van der Waals surface area contributed by atoms with Crippen molar-refractivity contribution in [2.75, 3.05) is 68.7 Å². The molecule has 2 saturated heterocycles. The number of carbonyl (C=O) groups is 1. The Kier molecular flexibility index (Phi) is 7.84. The largest absolute Gasteiger partial charge is 0.478 e. The van der Waals surface area contributed by atoms with Crippen molar-refractivity contribution in [3.05, 3.63) is 54.3 Å². The molecule has 0 N–H and O–H groups in total. The summed E-state index contributed by atoms with van der Waals surface area (Å²) in [4.78, 5) is 22.5. The lowest BCUT2D eigenvalue weighted by atomic mass is 10.1. The number of hydrogen-bond acceptors (Lipinski definition) is 5. The third-order valence-electron chi connectivity index (χ3n) is 7.54. The van der Waals surface area contributed by atoms with Gasteiger partial charge in [0.15, 0.2) is 6.10 Å².